The van der Waals surface area contributed by atoms with Gasteiger partial charge >= 0.3 is 5.97 Å². The van der Waals surface area contributed by atoms with Gasteiger partial charge in [0, 0.05) is 18.8 Å². The Morgan fingerprint density at radius 3 is 2.88 bits per heavy atom. The number of aliphatic carboxylic acids is 1. The van der Waals surface area contributed by atoms with Gasteiger partial charge in [-0.3, -0.25) is 9.59 Å². The third-order valence-electron chi connectivity index (χ3n) is 2.25. The van der Waals surface area contributed by atoms with Gasteiger partial charge in [0.25, 0.3) is 0 Å². The van der Waals surface area contributed by atoms with Crippen molar-refractivity contribution < 1.29 is 14.7 Å². The summed E-state index contributed by atoms with van der Waals surface area (Å²) in [5, 5.41) is 10.4. The molecule has 2 aromatic heterocycles. The van der Waals surface area contributed by atoms with Crippen molar-refractivity contribution in [1.82, 2.24) is 9.55 Å². The Kier molecular flexibility index (Phi) is 3.34. The highest BCUT2D eigenvalue weighted by Gasteiger charge is 2.15. The molecule has 0 fully saturated rings. The van der Waals surface area contributed by atoms with Crippen molar-refractivity contribution in [2.24, 2.45) is 0 Å². The van der Waals surface area contributed by atoms with Gasteiger partial charge in [0.1, 0.15) is 0 Å². The Hall–Kier alpha value is -1.95. The van der Waals surface area contributed by atoms with Gasteiger partial charge in [-0.1, -0.05) is 0 Å². The fourth-order valence-electron chi connectivity index (χ4n) is 1.45. The number of carboxylic acids is 1. The second kappa shape index (κ2) is 4.92. The normalized spacial score (nSPS) is 10.4. The number of ketones is 1. The van der Waals surface area contributed by atoms with E-state index in [0.29, 0.717) is 4.88 Å². The largest absolute Gasteiger partial charge is 0.481 e. The predicted octanol–water partition coefficient (Wildman–Crippen LogP) is 1.98. The lowest BCUT2D eigenvalue weighted by Gasteiger charge is -2.02. The summed E-state index contributed by atoms with van der Waals surface area (Å²) in [6, 6.07) is 1.82. The summed E-state index contributed by atoms with van der Waals surface area (Å²) in [6.45, 7) is 0. The average molecular weight is 250 g/mol. The fraction of sp³-hybridized carbons (Fsp3) is 0.182. The Balaban J connectivity index is 2.19. The highest BCUT2D eigenvalue weighted by Crippen LogP contribution is 2.22. The summed E-state index contributed by atoms with van der Waals surface area (Å²) in [5.41, 5.74) is 0.753. The van der Waals surface area contributed by atoms with Gasteiger partial charge in [-0.2, -0.15) is 0 Å². The molecule has 0 spiro atoms. The Labute approximate surface area is 101 Å². The number of thiophene rings is 1. The van der Waals surface area contributed by atoms with Gasteiger partial charge in [0.15, 0.2) is 5.78 Å². The summed E-state index contributed by atoms with van der Waals surface area (Å²) in [4.78, 5) is 26.8. The highest BCUT2D eigenvalue weighted by molar-refractivity contribution is 7.12. The number of carbonyl (C=O) groups excluding carboxylic acids is 1. The van der Waals surface area contributed by atoms with Crippen LogP contribution < -0.4 is 0 Å². The summed E-state index contributed by atoms with van der Waals surface area (Å²) < 4.78 is 1.74. The molecule has 1 N–H and O–H groups in total. The van der Waals surface area contributed by atoms with Gasteiger partial charge in [-0.05, 0) is 11.4 Å². The van der Waals surface area contributed by atoms with Crippen molar-refractivity contribution in [3.8, 4) is 5.69 Å². The molecule has 2 aromatic rings. The van der Waals surface area contributed by atoms with E-state index in [2.05, 4.69) is 4.98 Å². The lowest BCUT2D eigenvalue weighted by Crippen LogP contribution is -2.05. The van der Waals surface area contributed by atoms with Crippen LogP contribution in [0, 0.1) is 0 Å². The molecule has 88 valence electrons. The van der Waals surface area contributed by atoms with Gasteiger partial charge in [-0.15, -0.1) is 11.3 Å². The molecule has 0 aliphatic heterocycles. The van der Waals surface area contributed by atoms with Gasteiger partial charge < -0.3 is 9.67 Å². The fourth-order valence-corrected chi connectivity index (χ4v) is 2.31. The first-order chi connectivity index (χ1) is 8.18. The molecule has 6 heteroatoms. The molecule has 0 atom stereocenters. The minimum Gasteiger partial charge on any atom is -0.481 e. The van der Waals surface area contributed by atoms with Crippen molar-refractivity contribution in [3.63, 3.8) is 0 Å². The van der Waals surface area contributed by atoms with Gasteiger partial charge in [-0.25, -0.2) is 4.98 Å². The average Bonchev–Trinajstić information content (AvgIpc) is 2.94. The molecular formula is C11H10N2O3S. The number of imidazole rings is 1. The zero-order valence-electron chi connectivity index (χ0n) is 8.87. The van der Waals surface area contributed by atoms with E-state index < -0.39 is 5.97 Å². The number of Topliss-reactive ketones (excluding diaryl/α,β-unsaturated/α-hetero) is 1. The van der Waals surface area contributed by atoms with E-state index >= 15 is 0 Å². The van der Waals surface area contributed by atoms with Crippen LogP contribution in [0.4, 0.5) is 0 Å². The topological polar surface area (TPSA) is 72.2 Å². The number of carboxylic acid groups (broad SMARTS) is 1. The minimum absolute atomic E-state index is 0.0253. The smallest absolute Gasteiger partial charge is 0.303 e. The molecule has 0 aliphatic carbocycles. The molecule has 0 bridgehead atoms. The van der Waals surface area contributed by atoms with E-state index in [4.69, 9.17) is 5.11 Å². The highest BCUT2D eigenvalue weighted by atomic mass is 32.1. The standard InChI is InChI=1S/C11H10N2O3S/c14-9(1-2-10(15)16)11-8(3-6-17-11)13-5-4-12-7-13/h3-7H,1-2H2,(H,15,16). The Morgan fingerprint density at radius 2 is 2.24 bits per heavy atom. The maximum Gasteiger partial charge on any atom is 0.303 e. The first-order valence-corrected chi connectivity index (χ1v) is 5.87. The van der Waals surface area contributed by atoms with Crippen LogP contribution in [0.1, 0.15) is 22.5 Å². The molecule has 2 heterocycles. The second-order valence-electron chi connectivity index (χ2n) is 3.42. The summed E-state index contributed by atoms with van der Waals surface area (Å²) in [6.07, 6.45) is 4.87. The molecular weight excluding hydrogens is 240 g/mol. The summed E-state index contributed by atoms with van der Waals surface area (Å²) in [7, 11) is 0. The molecule has 0 saturated heterocycles. The number of carbonyl (C=O) groups is 2. The lowest BCUT2D eigenvalue weighted by atomic mass is 10.2. The summed E-state index contributed by atoms with van der Waals surface area (Å²) >= 11 is 1.32. The van der Waals surface area contributed by atoms with Crippen molar-refractivity contribution in [2.45, 2.75) is 12.8 Å². The Bertz CT molecular complexity index is 531. The quantitative estimate of drug-likeness (QED) is 0.823. The van der Waals surface area contributed by atoms with E-state index in [1.165, 1.54) is 11.3 Å². The van der Waals surface area contributed by atoms with Crippen LogP contribution in [0.25, 0.3) is 5.69 Å². The third kappa shape index (κ3) is 2.59. The van der Waals surface area contributed by atoms with Crippen LogP contribution >= 0.6 is 11.3 Å². The lowest BCUT2D eigenvalue weighted by molar-refractivity contribution is -0.136. The van der Waals surface area contributed by atoms with Crippen molar-refractivity contribution in [3.05, 3.63) is 35.0 Å². The second-order valence-corrected chi connectivity index (χ2v) is 4.34. The number of hydrogen-bond acceptors (Lipinski definition) is 4. The number of aromatic nitrogens is 2. The maximum atomic E-state index is 11.8. The Morgan fingerprint density at radius 1 is 1.41 bits per heavy atom. The molecule has 5 nitrogen and oxygen atoms in total. The molecule has 0 amide bonds. The SMILES string of the molecule is O=C(O)CCC(=O)c1sccc1-n1ccnc1. The molecule has 0 radical (unpaired) electrons. The van der Waals surface area contributed by atoms with Gasteiger partial charge in [0.2, 0.25) is 0 Å². The van der Waals surface area contributed by atoms with Crippen LogP contribution in [0.2, 0.25) is 0 Å². The zero-order chi connectivity index (χ0) is 12.3. The van der Waals surface area contributed by atoms with E-state index in [1.54, 1.807) is 23.3 Å². The zero-order valence-corrected chi connectivity index (χ0v) is 9.68. The van der Waals surface area contributed by atoms with Gasteiger partial charge in [0.05, 0.1) is 23.3 Å². The van der Waals surface area contributed by atoms with Crippen LogP contribution in [-0.4, -0.2) is 26.4 Å². The van der Waals surface area contributed by atoms with Crippen molar-refractivity contribution in [1.29, 1.82) is 0 Å². The number of hydrogen-bond donors (Lipinski definition) is 1. The number of nitrogens with zero attached hydrogens (tertiary/aromatic N) is 2. The van der Waals surface area contributed by atoms with Crippen LogP contribution in [0.3, 0.4) is 0 Å². The molecule has 0 aromatic carbocycles. The maximum absolute atomic E-state index is 11.8. The van der Waals surface area contributed by atoms with Crippen molar-refractivity contribution >= 4 is 23.1 Å². The molecule has 0 aliphatic rings. The van der Waals surface area contributed by atoms with Crippen LogP contribution in [-0.2, 0) is 4.79 Å². The van der Waals surface area contributed by atoms with Crippen LogP contribution in [0.5, 0.6) is 0 Å². The third-order valence-corrected chi connectivity index (χ3v) is 3.19. The van der Waals surface area contributed by atoms with E-state index in [-0.39, 0.29) is 18.6 Å². The van der Waals surface area contributed by atoms with Crippen molar-refractivity contribution in [2.75, 3.05) is 0 Å². The minimum atomic E-state index is -0.959. The monoisotopic (exact) mass is 250 g/mol. The molecule has 2 rings (SSSR count). The first kappa shape index (κ1) is 11.5. The molecule has 0 unspecified atom stereocenters. The first-order valence-electron chi connectivity index (χ1n) is 4.99. The van der Waals surface area contributed by atoms with Crippen LogP contribution in [0.15, 0.2) is 30.2 Å². The summed E-state index contributed by atoms with van der Waals surface area (Å²) in [5.74, 6) is -1.11. The molecule has 0 saturated carbocycles. The predicted molar refractivity (Wildman–Crippen MR) is 62.6 cm³/mol. The van der Waals surface area contributed by atoms with E-state index in [9.17, 15) is 9.59 Å². The molecule has 17 heavy (non-hydrogen) atoms. The van der Waals surface area contributed by atoms with E-state index in [1.807, 2.05) is 11.4 Å². The van der Waals surface area contributed by atoms with E-state index in [0.717, 1.165) is 5.69 Å². The number of rotatable bonds is 5.